The number of anilines is 1. The smallest absolute Gasteiger partial charge is 0.195 e. The fraction of sp³-hybridized carbons (Fsp3) is 0.0500. The summed E-state index contributed by atoms with van der Waals surface area (Å²) < 4.78 is 10.7. The fourth-order valence-electron chi connectivity index (χ4n) is 5.71. The molecule has 0 radical (unpaired) electrons. The van der Waals surface area contributed by atoms with E-state index in [1.54, 1.807) is 74.9 Å². The van der Waals surface area contributed by atoms with Gasteiger partial charge in [-0.3, -0.25) is 9.59 Å². The van der Waals surface area contributed by atoms with E-state index in [1.807, 2.05) is 72.8 Å². The van der Waals surface area contributed by atoms with Gasteiger partial charge < -0.3 is 15.2 Å². The molecule has 6 rings (SSSR count). The van der Waals surface area contributed by atoms with Crippen molar-refractivity contribution in [2.75, 3.05) is 20.0 Å². The molecule has 226 valence electrons. The number of ketones is 2. The van der Waals surface area contributed by atoms with E-state index in [4.69, 9.17) is 26.8 Å². The lowest BCUT2D eigenvalue weighted by atomic mass is 9.77. The van der Waals surface area contributed by atoms with Crippen LogP contribution in [-0.4, -0.2) is 25.8 Å². The second kappa shape index (κ2) is 13.1. The van der Waals surface area contributed by atoms with Gasteiger partial charge in [0.05, 0.1) is 25.5 Å². The zero-order valence-electron chi connectivity index (χ0n) is 25.3. The summed E-state index contributed by atoms with van der Waals surface area (Å²) in [6.45, 7) is 0. The Morgan fingerprint density at radius 2 is 0.913 bits per heavy atom. The normalized spacial score (nSPS) is 10.8. The maximum absolute atomic E-state index is 14.9. The number of nitrogens with two attached hydrogens (primary N) is 1. The van der Waals surface area contributed by atoms with Gasteiger partial charge in [-0.1, -0.05) is 84.4 Å². The van der Waals surface area contributed by atoms with Crippen LogP contribution in [0.3, 0.4) is 0 Å². The predicted octanol–water partition coefficient (Wildman–Crippen LogP) is 9.40. The summed E-state index contributed by atoms with van der Waals surface area (Å²) in [4.78, 5) is 29.6. The molecule has 0 heterocycles. The lowest BCUT2D eigenvalue weighted by molar-refractivity contribution is 0.103. The predicted molar refractivity (Wildman–Crippen MR) is 185 cm³/mol. The quantitative estimate of drug-likeness (QED) is 0.128. The van der Waals surface area contributed by atoms with Crippen LogP contribution in [-0.2, 0) is 0 Å². The highest BCUT2D eigenvalue weighted by atomic mass is 35.5. The first-order valence-corrected chi connectivity index (χ1v) is 15.0. The van der Waals surface area contributed by atoms with Crippen LogP contribution in [0.25, 0.3) is 33.4 Å². The Morgan fingerprint density at radius 3 is 1.37 bits per heavy atom. The lowest BCUT2D eigenvalue weighted by Gasteiger charge is -2.25. The van der Waals surface area contributed by atoms with Crippen molar-refractivity contribution in [1.29, 1.82) is 0 Å². The lowest BCUT2D eigenvalue weighted by Crippen LogP contribution is -2.16. The summed E-state index contributed by atoms with van der Waals surface area (Å²) in [6, 6.07) is 40.1. The number of carbonyl (C=O) groups excluding carboxylic acids is 2. The molecule has 0 spiro atoms. The van der Waals surface area contributed by atoms with Gasteiger partial charge in [0, 0.05) is 38.4 Å². The minimum atomic E-state index is -0.322. The van der Waals surface area contributed by atoms with E-state index >= 15 is 0 Å². The molecule has 0 unspecified atom stereocenters. The minimum absolute atomic E-state index is 0.234. The molecule has 5 nitrogen and oxygen atoms in total. The molecule has 0 bridgehead atoms. The molecule has 46 heavy (non-hydrogen) atoms. The third kappa shape index (κ3) is 5.76. The molecule has 0 atom stereocenters. The molecule has 0 aliphatic heterocycles. The third-order valence-electron chi connectivity index (χ3n) is 7.96. The van der Waals surface area contributed by atoms with Crippen LogP contribution < -0.4 is 15.2 Å². The van der Waals surface area contributed by atoms with Gasteiger partial charge in [0.15, 0.2) is 11.6 Å². The third-order valence-corrected chi connectivity index (χ3v) is 8.21. The fourth-order valence-corrected chi connectivity index (χ4v) is 5.84. The molecule has 0 amide bonds. The highest BCUT2D eigenvalue weighted by molar-refractivity contribution is 6.31. The summed E-state index contributed by atoms with van der Waals surface area (Å²) in [7, 11) is 3.15. The first-order valence-electron chi connectivity index (χ1n) is 14.6. The maximum atomic E-state index is 14.9. The first kappa shape index (κ1) is 30.4. The SMILES string of the molecule is COc1ccc(C(=O)c2c(N)c(-c3ccc(Cl)cc3)c(-c3ccccc3)c(C(=O)c3ccc(OC)cc3)c2-c2ccccc2)cc1. The standard InChI is InChI=1S/C40H30ClNO4/c1-45-31-21-15-28(16-22-31)39(43)36-33(25-9-5-3-6-10-25)35(27-13-19-30(41)20-14-27)38(42)37(34(36)26-11-7-4-8-12-26)40(44)29-17-23-32(46-2)24-18-29/h3-24H,42H2,1-2H3. The number of benzene rings is 6. The number of carbonyl (C=O) groups is 2. The van der Waals surface area contributed by atoms with Crippen LogP contribution in [0.4, 0.5) is 5.69 Å². The van der Waals surface area contributed by atoms with Gasteiger partial charge in [0.1, 0.15) is 11.5 Å². The van der Waals surface area contributed by atoms with Crippen LogP contribution >= 0.6 is 11.6 Å². The molecule has 6 aromatic carbocycles. The van der Waals surface area contributed by atoms with E-state index in [0.29, 0.717) is 61.0 Å². The van der Waals surface area contributed by atoms with E-state index in [2.05, 4.69) is 0 Å². The average molecular weight is 624 g/mol. The number of rotatable bonds is 9. The van der Waals surface area contributed by atoms with E-state index in [1.165, 1.54) is 0 Å². The summed E-state index contributed by atoms with van der Waals surface area (Å²) >= 11 is 6.31. The Balaban J connectivity index is 1.80. The molecule has 0 aromatic heterocycles. The Labute approximate surface area is 272 Å². The second-order valence-electron chi connectivity index (χ2n) is 10.6. The van der Waals surface area contributed by atoms with Crippen molar-refractivity contribution in [2.24, 2.45) is 0 Å². The zero-order valence-corrected chi connectivity index (χ0v) is 26.0. The van der Waals surface area contributed by atoms with Gasteiger partial charge in [-0.25, -0.2) is 0 Å². The van der Waals surface area contributed by atoms with E-state index in [0.717, 1.165) is 5.56 Å². The highest BCUT2D eigenvalue weighted by Gasteiger charge is 2.32. The van der Waals surface area contributed by atoms with E-state index in [9.17, 15) is 9.59 Å². The molecule has 2 N–H and O–H groups in total. The van der Waals surface area contributed by atoms with Crippen molar-refractivity contribution >= 4 is 28.9 Å². The molecule has 0 fully saturated rings. The van der Waals surface area contributed by atoms with E-state index in [-0.39, 0.29) is 22.8 Å². The van der Waals surface area contributed by atoms with Crippen molar-refractivity contribution < 1.29 is 19.1 Å². The number of hydrogen-bond acceptors (Lipinski definition) is 5. The highest BCUT2D eigenvalue weighted by Crippen LogP contribution is 2.48. The first-order chi connectivity index (χ1) is 22.4. The van der Waals surface area contributed by atoms with Crippen LogP contribution in [0.2, 0.25) is 5.02 Å². The molecule has 6 aromatic rings. The summed E-state index contributed by atoms with van der Waals surface area (Å²) in [5.41, 5.74) is 12.7. The molecule has 0 aliphatic carbocycles. The van der Waals surface area contributed by atoms with Crippen molar-refractivity contribution in [3.63, 3.8) is 0 Å². The topological polar surface area (TPSA) is 78.6 Å². The molecule has 6 heteroatoms. The van der Waals surface area contributed by atoms with Crippen molar-refractivity contribution in [2.45, 2.75) is 0 Å². The number of methoxy groups -OCH3 is 2. The van der Waals surface area contributed by atoms with E-state index < -0.39 is 0 Å². The number of nitrogen functional groups attached to an aromatic ring is 1. The van der Waals surface area contributed by atoms with Crippen LogP contribution in [0, 0.1) is 0 Å². The number of ether oxygens (including phenoxy) is 2. The Bertz CT molecular complexity index is 2020. The molecular weight excluding hydrogens is 594 g/mol. The van der Waals surface area contributed by atoms with Gasteiger partial charge in [-0.15, -0.1) is 0 Å². The van der Waals surface area contributed by atoms with Crippen molar-refractivity contribution in [3.8, 4) is 44.9 Å². The summed E-state index contributed by atoms with van der Waals surface area (Å²) in [5, 5.41) is 0.550. The second-order valence-corrected chi connectivity index (χ2v) is 11.1. The van der Waals surface area contributed by atoms with Gasteiger partial charge in [0.25, 0.3) is 0 Å². The summed E-state index contributed by atoms with van der Waals surface area (Å²) in [5.74, 6) is 0.652. The molecule has 0 saturated heterocycles. The zero-order chi connectivity index (χ0) is 32.2. The maximum Gasteiger partial charge on any atom is 0.195 e. The van der Waals surface area contributed by atoms with Crippen molar-refractivity contribution in [1.82, 2.24) is 0 Å². The van der Waals surface area contributed by atoms with Gasteiger partial charge in [-0.2, -0.15) is 0 Å². The van der Waals surface area contributed by atoms with Gasteiger partial charge in [0.2, 0.25) is 0 Å². The Hall–Kier alpha value is -5.65. The Kier molecular flexibility index (Phi) is 8.68. The Morgan fingerprint density at radius 1 is 0.500 bits per heavy atom. The van der Waals surface area contributed by atoms with Gasteiger partial charge in [-0.05, 0) is 77.4 Å². The number of halogens is 1. The molecule has 0 aliphatic rings. The molecule has 0 saturated carbocycles. The van der Waals surface area contributed by atoms with Crippen LogP contribution in [0.5, 0.6) is 11.5 Å². The largest absolute Gasteiger partial charge is 0.497 e. The van der Waals surface area contributed by atoms with Crippen molar-refractivity contribution in [3.05, 3.63) is 161 Å². The van der Waals surface area contributed by atoms with Gasteiger partial charge >= 0.3 is 0 Å². The average Bonchev–Trinajstić information content (AvgIpc) is 3.11. The summed E-state index contributed by atoms with van der Waals surface area (Å²) in [6.07, 6.45) is 0. The number of hydrogen-bond donors (Lipinski definition) is 1. The minimum Gasteiger partial charge on any atom is -0.497 e. The molecular formula is C40H30ClNO4. The monoisotopic (exact) mass is 623 g/mol. The van der Waals surface area contributed by atoms with Crippen LogP contribution in [0.15, 0.2) is 133 Å². The van der Waals surface area contributed by atoms with Crippen LogP contribution in [0.1, 0.15) is 31.8 Å².